The quantitative estimate of drug-likeness (QED) is 0.495. The molecule has 0 aromatic carbocycles. The highest BCUT2D eigenvalue weighted by atomic mass is 28.4. The van der Waals surface area contributed by atoms with Gasteiger partial charge in [-0.1, -0.05) is 40.5 Å². The Morgan fingerprint density at radius 2 is 1.50 bits per heavy atom. The molecule has 5 heteroatoms. The van der Waals surface area contributed by atoms with Gasteiger partial charge in [0, 0.05) is 13.2 Å². The zero-order valence-corrected chi connectivity index (χ0v) is 15.2. The number of hydrogen-bond acceptors (Lipinski definition) is 4. The van der Waals surface area contributed by atoms with Crippen LogP contribution in [0.4, 0.5) is 0 Å². The zero-order valence-electron chi connectivity index (χ0n) is 14.2. The van der Waals surface area contributed by atoms with Crippen molar-refractivity contribution in [3.63, 3.8) is 0 Å². The third-order valence-electron chi connectivity index (χ3n) is 3.57. The fourth-order valence-electron chi connectivity index (χ4n) is 2.33. The summed E-state index contributed by atoms with van der Waals surface area (Å²) in [5.41, 5.74) is 6.20. The number of hydrogen-bond donors (Lipinski definition) is 2. The first-order chi connectivity index (χ1) is 9.16. The van der Waals surface area contributed by atoms with Crippen molar-refractivity contribution in [3.05, 3.63) is 0 Å². The third-order valence-corrected chi connectivity index (χ3v) is 7.80. The van der Waals surface area contributed by atoms with Crippen molar-refractivity contribution in [3.8, 4) is 0 Å². The molecule has 0 aliphatic rings. The van der Waals surface area contributed by atoms with E-state index in [0.717, 1.165) is 51.5 Å². The summed E-state index contributed by atoms with van der Waals surface area (Å²) in [5.74, 6) is 0. The lowest BCUT2D eigenvalue weighted by molar-refractivity contribution is 0.156. The predicted octanol–water partition coefficient (Wildman–Crippen LogP) is 4.37. The van der Waals surface area contributed by atoms with Crippen LogP contribution in [0.25, 0.3) is 0 Å². The molecule has 5 N–H and O–H groups in total. The third kappa shape index (κ3) is 8.37. The van der Waals surface area contributed by atoms with Crippen LogP contribution >= 0.6 is 0 Å². The molecule has 4 nitrogen and oxygen atoms in total. The summed E-state index contributed by atoms with van der Waals surface area (Å²) in [6.07, 6.45) is 6.78. The monoisotopic (exact) mass is 306 g/mol. The van der Waals surface area contributed by atoms with Gasteiger partial charge in [0.15, 0.2) is 0 Å². The number of unbranched alkanes of at least 4 members (excludes halogenated alkanes) is 1. The summed E-state index contributed by atoms with van der Waals surface area (Å²) < 4.78 is 12.6. The molecule has 0 saturated heterocycles. The van der Waals surface area contributed by atoms with Crippen molar-refractivity contribution >= 4 is 8.56 Å². The maximum Gasteiger partial charge on any atom is 0.341 e. The summed E-state index contributed by atoms with van der Waals surface area (Å²) in [6.45, 7) is 11.3. The van der Waals surface area contributed by atoms with E-state index in [2.05, 4.69) is 27.7 Å². The summed E-state index contributed by atoms with van der Waals surface area (Å²) in [6, 6.07) is 1.13. The average molecular weight is 307 g/mol. The Morgan fingerprint density at radius 1 is 0.950 bits per heavy atom. The van der Waals surface area contributed by atoms with Gasteiger partial charge in [-0.05, 0) is 43.8 Å². The molecule has 0 fully saturated rings. The lowest BCUT2D eigenvalue weighted by Crippen LogP contribution is -2.46. The molecule has 0 heterocycles. The minimum atomic E-state index is -2.05. The minimum Gasteiger partial charge on any atom is -0.394 e. The Bertz CT molecular complexity index is 185. The van der Waals surface area contributed by atoms with Gasteiger partial charge in [-0.2, -0.15) is 0 Å². The van der Waals surface area contributed by atoms with Gasteiger partial charge in [0.2, 0.25) is 0 Å². The molecule has 0 radical (unpaired) electrons. The molecular formula is C15H38N2O2Si. The number of nitrogens with two attached hydrogens (primary N) is 1. The lowest BCUT2D eigenvalue weighted by Gasteiger charge is -2.36. The largest absolute Gasteiger partial charge is 0.394 e. The van der Waals surface area contributed by atoms with Crippen LogP contribution in [-0.4, -0.2) is 28.3 Å². The van der Waals surface area contributed by atoms with Gasteiger partial charge < -0.3 is 20.7 Å². The Balaban J connectivity index is 0. The van der Waals surface area contributed by atoms with Gasteiger partial charge in [-0.15, -0.1) is 0 Å². The topological polar surface area (TPSA) is 79.5 Å². The van der Waals surface area contributed by atoms with Gasteiger partial charge in [-0.3, -0.25) is 0 Å². The lowest BCUT2D eigenvalue weighted by atomic mass is 10.2. The van der Waals surface area contributed by atoms with Crippen LogP contribution in [0.15, 0.2) is 0 Å². The van der Waals surface area contributed by atoms with Crippen LogP contribution in [-0.2, 0) is 8.85 Å². The zero-order chi connectivity index (χ0) is 14.6. The Labute approximate surface area is 127 Å². The van der Waals surface area contributed by atoms with E-state index < -0.39 is 8.56 Å². The van der Waals surface area contributed by atoms with E-state index in [-0.39, 0.29) is 6.15 Å². The SMILES string of the molecule is CCCC[Si](OCCC)(OCCC)C(C)CCCN.N. The second-order valence-electron chi connectivity index (χ2n) is 5.44. The second-order valence-corrected chi connectivity index (χ2v) is 9.13. The molecule has 0 aromatic rings. The molecule has 1 unspecified atom stereocenters. The Hall–Kier alpha value is 0.0569. The van der Waals surface area contributed by atoms with Crippen molar-refractivity contribution < 1.29 is 8.85 Å². The number of rotatable bonds is 13. The van der Waals surface area contributed by atoms with Gasteiger partial charge in [-0.25, -0.2) is 0 Å². The first-order valence-corrected chi connectivity index (χ1v) is 10.2. The summed E-state index contributed by atoms with van der Waals surface area (Å²) in [4.78, 5) is 0. The van der Waals surface area contributed by atoms with E-state index in [1.54, 1.807) is 0 Å². The normalized spacial score (nSPS) is 13.1. The maximum atomic E-state index is 6.32. The van der Waals surface area contributed by atoms with Crippen LogP contribution in [0.3, 0.4) is 0 Å². The van der Waals surface area contributed by atoms with Crippen molar-refractivity contribution in [2.24, 2.45) is 5.73 Å². The molecule has 1 atom stereocenters. The van der Waals surface area contributed by atoms with E-state index in [4.69, 9.17) is 14.6 Å². The Morgan fingerprint density at radius 3 is 1.90 bits per heavy atom. The molecule has 0 bridgehead atoms. The van der Waals surface area contributed by atoms with E-state index in [1.165, 1.54) is 12.8 Å². The van der Waals surface area contributed by atoms with Crippen LogP contribution in [0.5, 0.6) is 0 Å². The van der Waals surface area contributed by atoms with Gasteiger partial charge in [0.05, 0.1) is 0 Å². The van der Waals surface area contributed by atoms with Crippen molar-refractivity contribution in [1.82, 2.24) is 6.15 Å². The summed E-state index contributed by atoms with van der Waals surface area (Å²) in [5, 5.41) is 0. The molecule has 0 spiro atoms. The van der Waals surface area contributed by atoms with Crippen molar-refractivity contribution in [2.45, 2.75) is 77.8 Å². The van der Waals surface area contributed by atoms with E-state index in [1.807, 2.05) is 0 Å². The van der Waals surface area contributed by atoms with Crippen LogP contribution in [0.1, 0.15) is 66.2 Å². The van der Waals surface area contributed by atoms with E-state index in [9.17, 15) is 0 Å². The summed E-state index contributed by atoms with van der Waals surface area (Å²) >= 11 is 0. The highest BCUT2D eigenvalue weighted by Gasteiger charge is 2.42. The second kappa shape index (κ2) is 14.0. The fourth-order valence-corrected chi connectivity index (χ4v) is 6.36. The molecule has 0 aliphatic carbocycles. The fraction of sp³-hybridized carbons (Fsp3) is 1.00. The molecule has 20 heavy (non-hydrogen) atoms. The van der Waals surface area contributed by atoms with Crippen LogP contribution in [0, 0.1) is 0 Å². The van der Waals surface area contributed by atoms with Gasteiger partial charge in [0.1, 0.15) is 0 Å². The predicted molar refractivity (Wildman–Crippen MR) is 90.7 cm³/mol. The molecule has 0 rings (SSSR count). The maximum absolute atomic E-state index is 6.32. The first-order valence-electron chi connectivity index (χ1n) is 8.14. The standard InChI is InChI=1S/C15H35NO2Si.H3N/c1-5-8-14-19(17-12-6-2,18-13-7-3)15(4)10-9-11-16;/h15H,5-14,16H2,1-4H3;1H3. The van der Waals surface area contributed by atoms with Crippen LogP contribution in [0.2, 0.25) is 11.6 Å². The van der Waals surface area contributed by atoms with Crippen LogP contribution < -0.4 is 11.9 Å². The average Bonchev–Trinajstić information content (AvgIpc) is 2.44. The van der Waals surface area contributed by atoms with E-state index in [0.29, 0.717) is 5.54 Å². The van der Waals surface area contributed by atoms with Crippen molar-refractivity contribution in [1.29, 1.82) is 0 Å². The minimum absolute atomic E-state index is 0. The highest BCUT2D eigenvalue weighted by molar-refractivity contribution is 6.68. The van der Waals surface area contributed by atoms with Crippen molar-refractivity contribution in [2.75, 3.05) is 19.8 Å². The van der Waals surface area contributed by atoms with E-state index >= 15 is 0 Å². The Kier molecular flexibility index (Phi) is 15.7. The van der Waals surface area contributed by atoms with Gasteiger partial charge >= 0.3 is 8.56 Å². The molecule has 0 saturated carbocycles. The first kappa shape index (κ1) is 22.3. The molecule has 0 amide bonds. The molecular weight excluding hydrogens is 268 g/mol. The smallest absolute Gasteiger partial charge is 0.341 e. The molecule has 0 aromatic heterocycles. The van der Waals surface area contributed by atoms with Gasteiger partial charge in [0.25, 0.3) is 0 Å². The summed E-state index contributed by atoms with van der Waals surface area (Å²) in [7, 11) is -2.05. The molecule has 0 aliphatic heterocycles. The highest BCUT2D eigenvalue weighted by Crippen LogP contribution is 2.33. The molecule has 124 valence electrons.